The fourth-order valence-electron chi connectivity index (χ4n) is 3.06. The maximum Gasteiger partial charge on any atom is 0.317 e. The van der Waals surface area contributed by atoms with Crippen LogP contribution in [0.2, 0.25) is 0 Å². The molecule has 6 nitrogen and oxygen atoms in total. The zero-order valence-corrected chi connectivity index (χ0v) is 13.1. The summed E-state index contributed by atoms with van der Waals surface area (Å²) in [6, 6.07) is 10.9. The van der Waals surface area contributed by atoms with Gasteiger partial charge in [0.15, 0.2) is 11.5 Å². The zero-order chi connectivity index (χ0) is 16.5. The second-order valence-corrected chi connectivity index (χ2v) is 5.97. The van der Waals surface area contributed by atoms with Gasteiger partial charge in [0, 0.05) is 19.6 Å². The van der Waals surface area contributed by atoms with Gasteiger partial charge in [-0.25, -0.2) is 4.79 Å². The third-order valence-electron chi connectivity index (χ3n) is 4.37. The van der Waals surface area contributed by atoms with Crippen LogP contribution in [0, 0.1) is 0 Å². The lowest BCUT2D eigenvalue weighted by Crippen LogP contribution is -2.42. The zero-order valence-electron chi connectivity index (χ0n) is 13.1. The van der Waals surface area contributed by atoms with E-state index in [2.05, 4.69) is 5.32 Å². The molecule has 0 saturated carbocycles. The number of carbonyl (C=O) groups excluding carboxylic acids is 1. The number of aromatic hydroxyl groups is 1. The molecule has 0 aromatic heterocycles. The molecule has 124 valence electrons. The van der Waals surface area contributed by atoms with Gasteiger partial charge in [-0.15, -0.1) is 0 Å². The first-order valence-corrected chi connectivity index (χ1v) is 7.91. The fraction of sp³-hybridized carbons (Fsp3) is 0.278. The maximum atomic E-state index is 12.4. The van der Waals surface area contributed by atoms with Crippen LogP contribution < -0.4 is 14.8 Å². The molecule has 2 heterocycles. The van der Waals surface area contributed by atoms with Gasteiger partial charge < -0.3 is 24.8 Å². The first-order valence-electron chi connectivity index (χ1n) is 7.91. The monoisotopic (exact) mass is 326 g/mol. The van der Waals surface area contributed by atoms with Crippen molar-refractivity contribution >= 4 is 6.03 Å². The number of urea groups is 1. The first kappa shape index (κ1) is 14.7. The molecule has 2 aromatic rings. The Kier molecular flexibility index (Phi) is 3.65. The second-order valence-electron chi connectivity index (χ2n) is 5.97. The number of phenols is 1. The van der Waals surface area contributed by atoms with Crippen LogP contribution in [-0.4, -0.2) is 29.4 Å². The highest BCUT2D eigenvalue weighted by Gasteiger charge is 2.21. The Balaban J connectivity index is 1.38. The summed E-state index contributed by atoms with van der Waals surface area (Å²) in [6.45, 7) is 1.85. The Bertz CT molecular complexity index is 791. The molecule has 0 spiro atoms. The minimum Gasteiger partial charge on any atom is -0.508 e. The summed E-state index contributed by atoms with van der Waals surface area (Å²) in [5.74, 6) is 1.68. The van der Waals surface area contributed by atoms with Gasteiger partial charge in [-0.3, -0.25) is 0 Å². The first-order chi connectivity index (χ1) is 11.7. The van der Waals surface area contributed by atoms with Crippen LogP contribution in [0.1, 0.15) is 16.7 Å². The number of ether oxygens (including phenoxy) is 2. The van der Waals surface area contributed by atoms with Crippen molar-refractivity contribution in [3.63, 3.8) is 0 Å². The molecule has 0 bridgehead atoms. The van der Waals surface area contributed by atoms with Crippen molar-refractivity contribution in [3.8, 4) is 17.2 Å². The number of hydrogen-bond donors (Lipinski definition) is 2. The lowest BCUT2D eigenvalue weighted by Gasteiger charge is -2.29. The third-order valence-corrected chi connectivity index (χ3v) is 4.37. The Morgan fingerprint density at radius 2 is 2.00 bits per heavy atom. The number of carbonyl (C=O) groups is 1. The van der Waals surface area contributed by atoms with Gasteiger partial charge in [-0.1, -0.05) is 12.1 Å². The van der Waals surface area contributed by atoms with Crippen molar-refractivity contribution in [3.05, 3.63) is 53.1 Å². The molecular weight excluding hydrogens is 308 g/mol. The van der Waals surface area contributed by atoms with Crippen molar-refractivity contribution in [1.29, 1.82) is 0 Å². The van der Waals surface area contributed by atoms with E-state index in [0.717, 1.165) is 23.3 Å². The van der Waals surface area contributed by atoms with Crippen LogP contribution in [0.5, 0.6) is 17.2 Å². The van der Waals surface area contributed by atoms with Crippen LogP contribution in [0.4, 0.5) is 4.79 Å². The highest BCUT2D eigenvalue weighted by Crippen LogP contribution is 2.32. The minimum absolute atomic E-state index is 0.110. The molecule has 0 aliphatic carbocycles. The largest absolute Gasteiger partial charge is 0.508 e. The minimum atomic E-state index is -0.110. The van der Waals surface area contributed by atoms with E-state index < -0.39 is 0 Å². The van der Waals surface area contributed by atoms with Crippen molar-refractivity contribution in [2.24, 2.45) is 0 Å². The van der Waals surface area contributed by atoms with E-state index in [9.17, 15) is 9.90 Å². The van der Waals surface area contributed by atoms with Crippen molar-refractivity contribution in [2.45, 2.75) is 19.5 Å². The Morgan fingerprint density at radius 1 is 1.12 bits per heavy atom. The van der Waals surface area contributed by atoms with Crippen LogP contribution in [0.25, 0.3) is 0 Å². The fourth-order valence-corrected chi connectivity index (χ4v) is 3.06. The van der Waals surface area contributed by atoms with Gasteiger partial charge in [0.25, 0.3) is 0 Å². The maximum absolute atomic E-state index is 12.4. The van der Waals surface area contributed by atoms with E-state index in [1.807, 2.05) is 24.3 Å². The van der Waals surface area contributed by atoms with Gasteiger partial charge in [-0.2, -0.15) is 0 Å². The summed E-state index contributed by atoms with van der Waals surface area (Å²) in [7, 11) is 0. The van der Waals surface area contributed by atoms with Crippen LogP contribution in [0.15, 0.2) is 36.4 Å². The quantitative estimate of drug-likeness (QED) is 0.889. The molecule has 2 amide bonds. The van der Waals surface area contributed by atoms with Crippen molar-refractivity contribution < 1.29 is 19.4 Å². The number of rotatable bonds is 2. The normalized spacial score (nSPS) is 15.1. The molecule has 0 atom stereocenters. The van der Waals surface area contributed by atoms with Gasteiger partial charge in [0.2, 0.25) is 6.79 Å². The molecule has 0 radical (unpaired) electrons. The standard InChI is InChI=1S/C18H18N2O4/c21-15-3-2-13-5-6-20(10-14(13)8-15)18(22)19-9-12-1-4-16-17(7-12)24-11-23-16/h1-4,7-8,21H,5-6,9-11H2,(H,19,22). The number of nitrogens with one attached hydrogen (secondary N) is 1. The Labute approximate surface area is 139 Å². The average Bonchev–Trinajstić information content (AvgIpc) is 3.06. The van der Waals surface area contributed by atoms with E-state index in [0.29, 0.717) is 25.4 Å². The van der Waals surface area contributed by atoms with E-state index in [1.165, 1.54) is 5.56 Å². The molecule has 6 heteroatoms. The lowest BCUT2D eigenvalue weighted by molar-refractivity contribution is 0.174. The topological polar surface area (TPSA) is 71.0 Å². The van der Waals surface area contributed by atoms with Crippen LogP contribution in [0.3, 0.4) is 0 Å². The van der Waals surface area contributed by atoms with E-state index in [1.54, 1.807) is 17.0 Å². The summed E-state index contributed by atoms with van der Waals surface area (Å²) in [4.78, 5) is 14.2. The van der Waals surface area contributed by atoms with E-state index in [4.69, 9.17) is 9.47 Å². The summed E-state index contributed by atoms with van der Waals surface area (Å²) in [5.41, 5.74) is 3.15. The van der Waals surface area contributed by atoms with Crippen LogP contribution in [-0.2, 0) is 19.5 Å². The number of nitrogens with zero attached hydrogens (tertiary/aromatic N) is 1. The molecular formula is C18H18N2O4. The predicted molar refractivity (Wildman–Crippen MR) is 87.0 cm³/mol. The van der Waals surface area contributed by atoms with Gasteiger partial charge >= 0.3 is 6.03 Å². The summed E-state index contributed by atoms with van der Waals surface area (Å²) in [6.07, 6.45) is 0.799. The van der Waals surface area contributed by atoms with Gasteiger partial charge in [-0.05, 0) is 47.4 Å². The highest BCUT2D eigenvalue weighted by molar-refractivity contribution is 5.74. The number of amides is 2. The SMILES string of the molecule is O=C(NCc1ccc2c(c1)OCO2)N1CCc2ccc(O)cc2C1. The number of fused-ring (bicyclic) bond motifs is 2. The van der Waals surface area contributed by atoms with Crippen molar-refractivity contribution in [1.82, 2.24) is 10.2 Å². The predicted octanol–water partition coefficient (Wildman–Crippen LogP) is 2.39. The summed E-state index contributed by atoms with van der Waals surface area (Å²) < 4.78 is 10.6. The lowest BCUT2D eigenvalue weighted by atomic mass is 10.00. The number of hydrogen-bond acceptors (Lipinski definition) is 4. The molecule has 24 heavy (non-hydrogen) atoms. The number of phenolic OH excluding ortho intramolecular Hbond substituents is 1. The molecule has 4 rings (SSSR count). The smallest absolute Gasteiger partial charge is 0.317 e. The van der Waals surface area contributed by atoms with Gasteiger partial charge in [0.05, 0.1) is 0 Å². The molecule has 0 saturated heterocycles. The molecule has 2 aliphatic rings. The average molecular weight is 326 g/mol. The molecule has 2 N–H and O–H groups in total. The second kappa shape index (κ2) is 5.96. The molecule has 2 aromatic carbocycles. The van der Waals surface area contributed by atoms with Gasteiger partial charge in [0.1, 0.15) is 5.75 Å². The Hall–Kier alpha value is -2.89. The van der Waals surface area contributed by atoms with E-state index >= 15 is 0 Å². The molecule has 2 aliphatic heterocycles. The Morgan fingerprint density at radius 3 is 2.92 bits per heavy atom. The molecule has 0 fully saturated rings. The van der Waals surface area contributed by atoms with Crippen molar-refractivity contribution in [2.75, 3.05) is 13.3 Å². The van der Waals surface area contributed by atoms with E-state index in [-0.39, 0.29) is 18.6 Å². The highest BCUT2D eigenvalue weighted by atomic mass is 16.7. The third kappa shape index (κ3) is 2.82. The van der Waals surface area contributed by atoms with Crippen LogP contribution >= 0.6 is 0 Å². The number of benzene rings is 2. The summed E-state index contributed by atoms with van der Waals surface area (Å²) >= 11 is 0. The summed E-state index contributed by atoms with van der Waals surface area (Å²) in [5, 5.41) is 12.5. The molecule has 0 unspecified atom stereocenters.